The lowest BCUT2D eigenvalue weighted by Gasteiger charge is -2.32. The number of hydrogen-bond acceptors (Lipinski definition) is 8. The van der Waals surface area contributed by atoms with Gasteiger partial charge in [-0.1, -0.05) is 110 Å². The molecule has 7 rings (SSSR count). The first-order chi connectivity index (χ1) is 22.7. The predicted octanol–water partition coefficient (Wildman–Crippen LogP) is 7.08. The van der Waals surface area contributed by atoms with Gasteiger partial charge in [-0.3, -0.25) is 0 Å². The molecule has 6 aromatic rings. The summed E-state index contributed by atoms with van der Waals surface area (Å²) in [5.74, 6) is 1.19. The van der Waals surface area contributed by atoms with Crippen molar-refractivity contribution in [2.45, 2.75) is 52.4 Å². The standard InChI is InChI=1S/C36H36N10/c1-3-4-9-30-24-45(22-26-14-18-28(19-15-26)31-10-5-7-12-33(31)35-37-41-42-38-35)25(2)46(30)23-27-16-20-29(21-17-27)32-11-6-8-13-34(32)36-39-43-44-40-36/h5-8,10-21,24-25H,3-4,9,22-23H2,1-2H3,(H,37,38,41,42)(H,39,40,43,44). The Morgan fingerprint density at radius 1 is 0.630 bits per heavy atom. The van der Waals surface area contributed by atoms with Gasteiger partial charge in [0.25, 0.3) is 0 Å². The SMILES string of the molecule is CCCCC1=CN(Cc2ccc(-c3ccccc3-c3nn[nH]n3)cc2)C(C)N1Cc1ccc(-c2ccccc2-c2nn[nH]n2)cc1. The number of nitrogens with one attached hydrogen (secondary N) is 2. The highest BCUT2D eigenvalue weighted by molar-refractivity contribution is 5.81. The molecule has 0 bridgehead atoms. The van der Waals surface area contributed by atoms with Crippen LogP contribution in [0.1, 0.15) is 44.2 Å². The molecule has 0 aliphatic carbocycles. The van der Waals surface area contributed by atoms with Crippen LogP contribution in [0.15, 0.2) is 109 Å². The summed E-state index contributed by atoms with van der Waals surface area (Å²) in [5, 5.41) is 29.4. The monoisotopic (exact) mass is 608 g/mol. The molecule has 10 heteroatoms. The van der Waals surface area contributed by atoms with Crippen molar-refractivity contribution in [1.29, 1.82) is 0 Å². The number of unbranched alkanes of at least 4 members (excludes halogenated alkanes) is 1. The molecule has 0 amide bonds. The zero-order valence-electron chi connectivity index (χ0n) is 26.0. The van der Waals surface area contributed by atoms with Gasteiger partial charge in [0, 0.05) is 36.1 Å². The average molecular weight is 609 g/mol. The molecule has 2 N–H and O–H groups in total. The average Bonchev–Trinajstić information content (AvgIpc) is 3.89. The Hall–Kier alpha value is -5.64. The van der Waals surface area contributed by atoms with Crippen LogP contribution in [0, 0.1) is 0 Å². The molecule has 0 spiro atoms. The first-order valence-corrected chi connectivity index (χ1v) is 15.8. The van der Waals surface area contributed by atoms with E-state index in [0.717, 1.165) is 52.9 Å². The summed E-state index contributed by atoms with van der Waals surface area (Å²) in [6.07, 6.45) is 6.02. The molecule has 1 unspecified atom stereocenters. The van der Waals surface area contributed by atoms with Crippen LogP contribution in [-0.2, 0) is 13.1 Å². The minimum Gasteiger partial charge on any atom is -0.352 e. The van der Waals surface area contributed by atoms with Crippen LogP contribution < -0.4 is 0 Å². The van der Waals surface area contributed by atoms with Crippen LogP contribution in [-0.4, -0.2) is 57.2 Å². The van der Waals surface area contributed by atoms with Crippen LogP contribution in [0.5, 0.6) is 0 Å². The van der Waals surface area contributed by atoms with Gasteiger partial charge in [0.2, 0.25) is 11.6 Å². The molecule has 4 aromatic carbocycles. The van der Waals surface area contributed by atoms with Gasteiger partial charge in [0.1, 0.15) is 0 Å². The fraction of sp³-hybridized carbons (Fsp3) is 0.222. The second-order valence-corrected chi connectivity index (χ2v) is 11.6. The molecular weight excluding hydrogens is 572 g/mol. The van der Waals surface area contributed by atoms with Crippen molar-refractivity contribution in [2.75, 3.05) is 0 Å². The molecule has 0 fully saturated rings. The molecule has 3 heterocycles. The van der Waals surface area contributed by atoms with E-state index >= 15 is 0 Å². The first kappa shape index (κ1) is 29.1. The van der Waals surface area contributed by atoms with Gasteiger partial charge in [-0.05, 0) is 63.6 Å². The minimum absolute atomic E-state index is 0.240. The van der Waals surface area contributed by atoms with Crippen molar-refractivity contribution in [2.24, 2.45) is 0 Å². The summed E-state index contributed by atoms with van der Waals surface area (Å²) >= 11 is 0. The maximum absolute atomic E-state index is 4.20. The van der Waals surface area contributed by atoms with Crippen molar-refractivity contribution in [3.05, 3.63) is 120 Å². The van der Waals surface area contributed by atoms with Gasteiger partial charge in [-0.25, -0.2) is 0 Å². The van der Waals surface area contributed by atoms with E-state index in [9.17, 15) is 0 Å². The van der Waals surface area contributed by atoms with E-state index in [1.54, 1.807) is 0 Å². The van der Waals surface area contributed by atoms with Gasteiger partial charge in [0.05, 0.1) is 6.17 Å². The Kier molecular flexibility index (Phi) is 8.32. The molecule has 1 aliphatic heterocycles. The molecular formula is C36H36N10. The van der Waals surface area contributed by atoms with Crippen molar-refractivity contribution >= 4 is 0 Å². The van der Waals surface area contributed by atoms with Crippen LogP contribution in [0.3, 0.4) is 0 Å². The van der Waals surface area contributed by atoms with E-state index in [0.29, 0.717) is 11.6 Å². The van der Waals surface area contributed by atoms with E-state index in [-0.39, 0.29) is 6.17 Å². The molecule has 10 nitrogen and oxygen atoms in total. The molecule has 0 radical (unpaired) electrons. The van der Waals surface area contributed by atoms with Gasteiger partial charge < -0.3 is 9.80 Å². The fourth-order valence-corrected chi connectivity index (χ4v) is 6.17. The lowest BCUT2D eigenvalue weighted by Crippen LogP contribution is -2.36. The molecule has 0 saturated carbocycles. The van der Waals surface area contributed by atoms with Crippen molar-refractivity contribution in [3.63, 3.8) is 0 Å². The van der Waals surface area contributed by atoms with Crippen LogP contribution in [0.2, 0.25) is 0 Å². The number of aromatic amines is 2. The highest BCUT2D eigenvalue weighted by Gasteiger charge is 2.28. The number of hydrogen-bond donors (Lipinski definition) is 2. The van der Waals surface area contributed by atoms with E-state index < -0.39 is 0 Å². The van der Waals surface area contributed by atoms with Gasteiger partial charge in [0.15, 0.2) is 0 Å². The number of benzene rings is 4. The molecule has 0 saturated heterocycles. The topological polar surface area (TPSA) is 115 Å². The number of aromatic nitrogens is 8. The van der Waals surface area contributed by atoms with Crippen molar-refractivity contribution < 1.29 is 0 Å². The van der Waals surface area contributed by atoms with E-state index in [1.807, 2.05) is 36.4 Å². The maximum Gasteiger partial charge on any atom is 0.205 e. The highest BCUT2D eigenvalue weighted by atomic mass is 15.5. The van der Waals surface area contributed by atoms with E-state index in [4.69, 9.17) is 0 Å². The summed E-state index contributed by atoms with van der Waals surface area (Å²) in [7, 11) is 0. The summed E-state index contributed by atoms with van der Waals surface area (Å²) in [6, 6.07) is 34.0. The third-order valence-corrected chi connectivity index (χ3v) is 8.68. The Morgan fingerprint density at radius 2 is 1.13 bits per heavy atom. The molecule has 46 heavy (non-hydrogen) atoms. The molecule has 2 aromatic heterocycles. The number of rotatable bonds is 11. The van der Waals surface area contributed by atoms with E-state index in [1.165, 1.54) is 29.7 Å². The van der Waals surface area contributed by atoms with Gasteiger partial charge in [-0.2, -0.15) is 10.4 Å². The van der Waals surface area contributed by atoms with Gasteiger partial charge in [-0.15, -0.1) is 20.4 Å². The van der Waals surface area contributed by atoms with Crippen LogP contribution in [0.25, 0.3) is 45.0 Å². The zero-order chi connectivity index (χ0) is 31.3. The van der Waals surface area contributed by atoms with Crippen LogP contribution in [0.4, 0.5) is 0 Å². The number of H-pyrrole nitrogens is 2. The normalized spacial score (nSPS) is 14.6. The summed E-state index contributed by atoms with van der Waals surface area (Å²) in [6.45, 7) is 6.25. The Bertz CT molecular complexity index is 1900. The third-order valence-electron chi connectivity index (χ3n) is 8.68. The molecule has 230 valence electrons. The minimum atomic E-state index is 0.240. The van der Waals surface area contributed by atoms with Crippen molar-refractivity contribution in [3.8, 4) is 45.0 Å². The van der Waals surface area contributed by atoms with Crippen molar-refractivity contribution in [1.82, 2.24) is 51.0 Å². The summed E-state index contributed by atoms with van der Waals surface area (Å²) < 4.78 is 0. The third kappa shape index (κ3) is 6.01. The smallest absolute Gasteiger partial charge is 0.205 e. The van der Waals surface area contributed by atoms with E-state index in [2.05, 4.69) is 132 Å². The van der Waals surface area contributed by atoms with Gasteiger partial charge >= 0.3 is 0 Å². The first-order valence-electron chi connectivity index (χ1n) is 15.8. The number of allylic oxidation sites excluding steroid dienone is 1. The predicted molar refractivity (Wildman–Crippen MR) is 178 cm³/mol. The second kappa shape index (κ2) is 13.2. The zero-order valence-corrected chi connectivity index (χ0v) is 26.0. The van der Waals surface area contributed by atoms with Crippen LogP contribution >= 0.6 is 0 Å². The quantitative estimate of drug-likeness (QED) is 0.160. The summed E-state index contributed by atoms with van der Waals surface area (Å²) in [5.41, 5.74) is 10.3. The Labute approximate surface area is 268 Å². The Balaban J connectivity index is 1.07. The Morgan fingerprint density at radius 3 is 1.61 bits per heavy atom. The molecule has 1 aliphatic rings. The second-order valence-electron chi connectivity index (χ2n) is 11.6. The number of tetrazole rings is 2. The number of nitrogens with zero attached hydrogens (tertiary/aromatic N) is 8. The highest BCUT2D eigenvalue weighted by Crippen LogP contribution is 2.34. The molecule has 1 atom stereocenters. The maximum atomic E-state index is 4.20. The largest absolute Gasteiger partial charge is 0.352 e. The summed E-state index contributed by atoms with van der Waals surface area (Å²) in [4.78, 5) is 5.01. The fourth-order valence-electron chi connectivity index (χ4n) is 6.17. The lowest BCUT2D eigenvalue weighted by molar-refractivity contribution is 0.147. The lowest BCUT2D eigenvalue weighted by atomic mass is 9.98.